The summed E-state index contributed by atoms with van der Waals surface area (Å²) in [6.45, 7) is 1.46. The standard InChI is InChI=1S/C18H21N3O4/c22-16(5-8-21-9-6-17(23)20-18(21)24)19-12-13-7-10-25-15-4-2-1-3-14(15)11-13/h1-4,6,9,13H,5,7-8,10-12H2,(H,19,22)(H,20,23,24). The van der Waals surface area contributed by atoms with Gasteiger partial charge in [-0.15, -0.1) is 0 Å². The average Bonchev–Trinajstić information content (AvgIpc) is 2.81. The first-order valence-corrected chi connectivity index (χ1v) is 8.39. The molecule has 1 aliphatic heterocycles. The van der Waals surface area contributed by atoms with Crippen LogP contribution in [-0.2, 0) is 17.8 Å². The van der Waals surface area contributed by atoms with E-state index in [9.17, 15) is 14.4 Å². The number of hydrogen-bond acceptors (Lipinski definition) is 4. The van der Waals surface area contributed by atoms with Crippen LogP contribution in [0.15, 0.2) is 46.1 Å². The second kappa shape index (κ2) is 7.83. The normalized spacial score (nSPS) is 16.4. The molecule has 0 saturated carbocycles. The number of carbonyl (C=O) groups is 1. The summed E-state index contributed by atoms with van der Waals surface area (Å²) in [6.07, 6.45) is 3.34. The Kier molecular flexibility index (Phi) is 5.33. The van der Waals surface area contributed by atoms with Crippen molar-refractivity contribution in [3.05, 3.63) is 62.9 Å². The van der Waals surface area contributed by atoms with Crippen LogP contribution in [0.1, 0.15) is 18.4 Å². The second-order valence-electron chi connectivity index (χ2n) is 6.17. The first-order chi connectivity index (χ1) is 12.1. The quantitative estimate of drug-likeness (QED) is 0.835. The number of rotatable bonds is 5. The van der Waals surface area contributed by atoms with Crippen molar-refractivity contribution in [1.29, 1.82) is 0 Å². The Bertz CT molecular complexity index is 856. The highest BCUT2D eigenvalue weighted by atomic mass is 16.5. The molecule has 2 heterocycles. The Labute approximate surface area is 144 Å². The fourth-order valence-corrected chi connectivity index (χ4v) is 2.92. The van der Waals surface area contributed by atoms with Crippen LogP contribution in [0.4, 0.5) is 0 Å². The summed E-state index contributed by atoms with van der Waals surface area (Å²) in [6, 6.07) is 9.24. The van der Waals surface area contributed by atoms with E-state index < -0.39 is 11.2 Å². The van der Waals surface area contributed by atoms with E-state index in [1.54, 1.807) is 0 Å². The third kappa shape index (κ3) is 4.59. The Morgan fingerprint density at radius 3 is 2.96 bits per heavy atom. The van der Waals surface area contributed by atoms with Crippen molar-refractivity contribution in [3.8, 4) is 5.75 Å². The number of aryl methyl sites for hydroxylation is 1. The smallest absolute Gasteiger partial charge is 0.328 e. The van der Waals surface area contributed by atoms with Crippen molar-refractivity contribution in [2.45, 2.75) is 25.8 Å². The zero-order chi connectivity index (χ0) is 17.6. The van der Waals surface area contributed by atoms with Crippen LogP contribution < -0.4 is 21.3 Å². The van der Waals surface area contributed by atoms with Gasteiger partial charge in [-0.3, -0.25) is 14.6 Å². The lowest BCUT2D eigenvalue weighted by Crippen LogP contribution is -2.33. The summed E-state index contributed by atoms with van der Waals surface area (Å²) in [7, 11) is 0. The third-order valence-electron chi connectivity index (χ3n) is 4.33. The molecule has 1 aromatic heterocycles. The summed E-state index contributed by atoms with van der Waals surface area (Å²) < 4.78 is 7.05. The van der Waals surface area contributed by atoms with Crippen molar-refractivity contribution in [2.75, 3.05) is 13.2 Å². The number of para-hydroxylation sites is 1. The largest absolute Gasteiger partial charge is 0.493 e. The van der Waals surface area contributed by atoms with E-state index in [0.29, 0.717) is 19.1 Å². The molecule has 3 rings (SSSR count). The lowest BCUT2D eigenvalue weighted by atomic mass is 9.97. The van der Waals surface area contributed by atoms with Gasteiger partial charge in [-0.25, -0.2) is 4.79 Å². The van der Waals surface area contributed by atoms with E-state index in [-0.39, 0.29) is 18.9 Å². The van der Waals surface area contributed by atoms with Gasteiger partial charge in [0.2, 0.25) is 5.91 Å². The van der Waals surface area contributed by atoms with Gasteiger partial charge in [0.05, 0.1) is 6.61 Å². The molecule has 0 saturated heterocycles. The van der Waals surface area contributed by atoms with Crippen molar-refractivity contribution < 1.29 is 9.53 Å². The molecule has 1 unspecified atom stereocenters. The van der Waals surface area contributed by atoms with Gasteiger partial charge in [0.25, 0.3) is 5.56 Å². The summed E-state index contributed by atoms with van der Waals surface area (Å²) in [4.78, 5) is 36.8. The molecule has 1 amide bonds. The zero-order valence-corrected chi connectivity index (χ0v) is 13.9. The molecule has 0 radical (unpaired) electrons. The number of aromatic nitrogens is 2. The third-order valence-corrected chi connectivity index (χ3v) is 4.33. The topological polar surface area (TPSA) is 93.2 Å². The lowest BCUT2D eigenvalue weighted by Gasteiger charge is -2.14. The number of hydrogen-bond donors (Lipinski definition) is 2. The minimum absolute atomic E-state index is 0.114. The number of nitrogens with one attached hydrogen (secondary N) is 2. The van der Waals surface area contributed by atoms with Gasteiger partial charge in [0.15, 0.2) is 0 Å². The number of nitrogens with zero attached hydrogens (tertiary/aromatic N) is 1. The Balaban J connectivity index is 1.49. The van der Waals surface area contributed by atoms with Crippen molar-refractivity contribution in [1.82, 2.24) is 14.9 Å². The van der Waals surface area contributed by atoms with Crippen LogP contribution in [0.5, 0.6) is 5.75 Å². The molecule has 0 aliphatic carbocycles. The van der Waals surface area contributed by atoms with E-state index in [1.165, 1.54) is 22.4 Å². The van der Waals surface area contributed by atoms with Crippen LogP contribution in [0, 0.1) is 5.92 Å². The summed E-state index contributed by atoms with van der Waals surface area (Å²) in [5.41, 5.74) is 0.221. The molecule has 7 nitrogen and oxygen atoms in total. The number of carbonyl (C=O) groups excluding carboxylic acids is 1. The lowest BCUT2D eigenvalue weighted by molar-refractivity contribution is -0.121. The van der Waals surface area contributed by atoms with Crippen molar-refractivity contribution in [2.24, 2.45) is 5.92 Å². The maximum absolute atomic E-state index is 12.0. The molecular formula is C18H21N3O4. The first kappa shape index (κ1) is 17.0. The minimum atomic E-state index is -0.502. The first-order valence-electron chi connectivity index (χ1n) is 8.39. The number of aromatic amines is 1. The molecule has 0 bridgehead atoms. The molecule has 2 N–H and O–H groups in total. The number of fused-ring (bicyclic) bond motifs is 1. The molecule has 132 valence electrons. The highest BCUT2D eigenvalue weighted by molar-refractivity contribution is 5.75. The number of H-pyrrole nitrogens is 1. The van der Waals surface area contributed by atoms with Crippen LogP contribution in [0.2, 0.25) is 0 Å². The molecule has 1 aliphatic rings. The van der Waals surface area contributed by atoms with Crippen LogP contribution in [-0.4, -0.2) is 28.6 Å². The monoisotopic (exact) mass is 343 g/mol. The molecule has 1 atom stereocenters. The van der Waals surface area contributed by atoms with E-state index in [4.69, 9.17) is 4.74 Å². The SMILES string of the molecule is O=C(CCn1ccc(=O)[nH]c1=O)NCC1CCOc2ccccc2C1. The molecule has 0 spiro atoms. The number of benzene rings is 1. The second-order valence-corrected chi connectivity index (χ2v) is 6.17. The fourth-order valence-electron chi connectivity index (χ4n) is 2.92. The van der Waals surface area contributed by atoms with Crippen LogP contribution in [0.25, 0.3) is 0 Å². The Morgan fingerprint density at radius 1 is 1.28 bits per heavy atom. The Morgan fingerprint density at radius 2 is 2.12 bits per heavy atom. The summed E-state index contributed by atoms with van der Waals surface area (Å²) in [5, 5.41) is 2.93. The van der Waals surface area contributed by atoms with Gasteiger partial charge in [0, 0.05) is 31.8 Å². The highest BCUT2D eigenvalue weighted by Crippen LogP contribution is 2.26. The fraction of sp³-hybridized carbons (Fsp3) is 0.389. The molecule has 0 fully saturated rings. The summed E-state index contributed by atoms with van der Waals surface area (Å²) in [5.74, 6) is 1.13. The van der Waals surface area contributed by atoms with Gasteiger partial charge in [0.1, 0.15) is 5.75 Å². The Hall–Kier alpha value is -2.83. The van der Waals surface area contributed by atoms with Gasteiger partial charge in [-0.05, 0) is 30.4 Å². The molecule has 1 aromatic carbocycles. The van der Waals surface area contributed by atoms with Gasteiger partial charge < -0.3 is 14.6 Å². The molecular weight excluding hydrogens is 322 g/mol. The predicted molar refractivity (Wildman–Crippen MR) is 92.7 cm³/mol. The summed E-state index contributed by atoms with van der Waals surface area (Å²) >= 11 is 0. The maximum atomic E-state index is 12.0. The average molecular weight is 343 g/mol. The minimum Gasteiger partial charge on any atom is -0.493 e. The van der Waals surface area contributed by atoms with Gasteiger partial charge in [-0.2, -0.15) is 0 Å². The van der Waals surface area contributed by atoms with E-state index in [0.717, 1.165) is 18.6 Å². The highest BCUT2D eigenvalue weighted by Gasteiger charge is 2.18. The maximum Gasteiger partial charge on any atom is 0.328 e. The molecule has 7 heteroatoms. The number of amides is 1. The zero-order valence-electron chi connectivity index (χ0n) is 13.9. The van der Waals surface area contributed by atoms with E-state index in [1.807, 2.05) is 18.2 Å². The predicted octanol–water partition coefficient (Wildman–Crippen LogP) is 0.684. The molecule has 2 aromatic rings. The van der Waals surface area contributed by atoms with E-state index >= 15 is 0 Å². The molecule has 25 heavy (non-hydrogen) atoms. The van der Waals surface area contributed by atoms with Crippen LogP contribution in [0.3, 0.4) is 0 Å². The van der Waals surface area contributed by atoms with Gasteiger partial charge in [-0.1, -0.05) is 18.2 Å². The van der Waals surface area contributed by atoms with Crippen LogP contribution >= 0.6 is 0 Å². The van der Waals surface area contributed by atoms with Crippen molar-refractivity contribution in [3.63, 3.8) is 0 Å². The van der Waals surface area contributed by atoms with Crippen molar-refractivity contribution >= 4 is 5.91 Å². The number of ether oxygens (including phenoxy) is 1. The van der Waals surface area contributed by atoms with Gasteiger partial charge >= 0.3 is 5.69 Å². The van der Waals surface area contributed by atoms with E-state index in [2.05, 4.69) is 16.4 Å².